The van der Waals surface area contributed by atoms with Crippen molar-refractivity contribution in [3.63, 3.8) is 0 Å². The van der Waals surface area contributed by atoms with Gasteiger partial charge in [-0.15, -0.1) is 0 Å². The number of anilines is 1. The minimum Gasteiger partial charge on any atom is -0.356 e. The summed E-state index contributed by atoms with van der Waals surface area (Å²) in [5.41, 5.74) is 4.92. The van der Waals surface area contributed by atoms with Crippen LogP contribution in [0.1, 0.15) is 18.1 Å². The first-order valence-corrected chi connectivity index (χ1v) is 6.89. The van der Waals surface area contributed by atoms with E-state index in [4.69, 9.17) is 4.98 Å². The molecule has 104 valence electrons. The molecule has 2 rings (SSSR count). The standard InChI is InChI=1S/C15H24N4/c1-6-16-15-17-13-9-11(2)12(3)10-14(13)19(15)8-7-18(4)5/h9-10H,6-8H2,1-5H3,(H,16,17). The van der Waals surface area contributed by atoms with E-state index in [9.17, 15) is 0 Å². The van der Waals surface area contributed by atoms with E-state index in [1.165, 1.54) is 16.6 Å². The molecule has 4 nitrogen and oxygen atoms in total. The second kappa shape index (κ2) is 5.61. The highest BCUT2D eigenvalue weighted by atomic mass is 15.2. The van der Waals surface area contributed by atoms with Crippen molar-refractivity contribution in [2.24, 2.45) is 0 Å². The molecule has 2 aromatic rings. The Morgan fingerprint density at radius 2 is 1.89 bits per heavy atom. The first kappa shape index (κ1) is 13.9. The molecule has 4 heteroatoms. The lowest BCUT2D eigenvalue weighted by atomic mass is 10.1. The third kappa shape index (κ3) is 2.89. The number of benzene rings is 1. The van der Waals surface area contributed by atoms with E-state index in [-0.39, 0.29) is 0 Å². The highest BCUT2D eigenvalue weighted by Gasteiger charge is 2.11. The van der Waals surface area contributed by atoms with Crippen LogP contribution in [0.15, 0.2) is 12.1 Å². The summed E-state index contributed by atoms with van der Waals surface area (Å²) in [4.78, 5) is 6.91. The van der Waals surface area contributed by atoms with Crippen LogP contribution >= 0.6 is 0 Å². The number of nitrogens with one attached hydrogen (secondary N) is 1. The Labute approximate surface area is 115 Å². The van der Waals surface area contributed by atoms with E-state index < -0.39 is 0 Å². The molecule has 0 amide bonds. The van der Waals surface area contributed by atoms with E-state index in [1.54, 1.807) is 0 Å². The zero-order valence-electron chi connectivity index (χ0n) is 12.6. The highest BCUT2D eigenvalue weighted by Crippen LogP contribution is 2.23. The first-order valence-electron chi connectivity index (χ1n) is 6.89. The zero-order chi connectivity index (χ0) is 14.0. The number of fused-ring (bicyclic) bond motifs is 1. The molecule has 0 aliphatic rings. The second-order valence-electron chi connectivity index (χ2n) is 5.35. The SMILES string of the molecule is CCNc1nc2cc(C)c(C)cc2n1CCN(C)C. The smallest absolute Gasteiger partial charge is 0.203 e. The fraction of sp³-hybridized carbons (Fsp3) is 0.533. The van der Waals surface area contributed by atoms with Crippen LogP contribution in [0.3, 0.4) is 0 Å². The molecule has 1 heterocycles. The van der Waals surface area contributed by atoms with Crippen molar-refractivity contribution < 1.29 is 0 Å². The number of imidazole rings is 1. The van der Waals surface area contributed by atoms with Crippen LogP contribution in [0.2, 0.25) is 0 Å². The molecule has 0 unspecified atom stereocenters. The Morgan fingerprint density at radius 3 is 2.53 bits per heavy atom. The summed E-state index contributed by atoms with van der Waals surface area (Å²) in [6.45, 7) is 9.26. The van der Waals surface area contributed by atoms with E-state index >= 15 is 0 Å². The van der Waals surface area contributed by atoms with Crippen LogP contribution < -0.4 is 5.32 Å². The fourth-order valence-corrected chi connectivity index (χ4v) is 2.20. The number of likely N-dealkylation sites (N-methyl/N-ethyl adjacent to an activating group) is 1. The quantitative estimate of drug-likeness (QED) is 0.897. The summed E-state index contributed by atoms with van der Waals surface area (Å²) >= 11 is 0. The molecule has 1 aromatic heterocycles. The molecule has 19 heavy (non-hydrogen) atoms. The van der Waals surface area contributed by atoms with Crippen LogP contribution in [0.5, 0.6) is 0 Å². The van der Waals surface area contributed by atoms with Gasteiger partial charge in [0, 0.05) is 19.6 Å². The van der Waals surface area contributed by atoms with Crippen molar-refractivity contribution in [1.29, 1.82) is 0 Å². The Kier molecular flexibility index (Phi) is 4.10. The molecule has 0 saturated heterocycles. The predicted molar refractivity (Wildman–Crippen MR) is 81.9 cm³/mol. The van der Waals surface area contributed by atoms with Gasteiger partial charge in [0.15, 0.2) is 0 Å². The summed E-state index contributed by atoms with van der Waals surface area (Å²) in [6, 6.07) is 4.42. The normalized spacial score (nSPS) is 11.5. The van der Waals surface area contributed by atoms with Crippen LogP contribution in [-0.4, -0.2) is 41.6 Å². The maximum absolute atomic E-state index is 4.72. The molecule has 0 spiro atoms. The van der Waals surface area contributed by atoms with Gasteiger partial charge in [-0.25, -0.2) is 4.98 Å². The maximum atomic E-state index is 4.72. The van der Waals surface area contributed by atoms with Crippen molar-refractivity contribution in [2.75, 3.05) is 32.5 Å². The second-order valence-corrected chi connectivity index (χ2v) is 5.35. The van der Waals surface area contributed by atoms with E-state index in [0.29, 0.717) is 0 Å². The van der Waals surface area contributed by atoms with Crippen molar-refractivity contribution in [3.05, 3.63) is 23.3 Å². The Hall–Kier alpha value is -1.55. The number of aromatic nitrogens is 2. The molecular formula is C15H24N4. The Balaban J connectivity index is 2.48. The van der Waals surface area contributed by atoms with Gasteiger partial charge in [-0.05, 0) is 58.1 Å². The van der Waals surface area contributed by atoms with Gasteiger partial charge in [0.1, 0.15) is 0 Å². The maximum Gasteiger partial charge on any atom is 0.203 e. The lowest BCUT2D eigenvalue weighted by Gasteiger charge is -2.13. The third-order valence-corrected chi connectivity index (χ3v) is 3.47. The number of aryl methyl sites for hydroxylation is 2. The van der Waals surface area contributed by atoms with Crippen LogP contribution in [-0.2, 0) is 6.54 Å². The van der Waals surface area contributed by atoms with Crippen molar-refractivity contribution in [3.8, 4) is 0 Å². The first-order chi connectivity index (χ1) is 9.02. The van der Waals surface area contributed by atoms with Crippen molar-refractivity contribution in [2.45, 2.75) is 27.3 Å². The van der Waals surface area contributed by atoms with Crippen LogP contribution in [0.25, 0.3) is 11.0 Å². The molecule has 0 aliphatic carbocycles. The molecule has 0 bridgehead atoms. The summed E-state index contributed by atoms with van der Waals surface area (Å²) in [5.74, 6) is 0.976. The Bertz CT molecular complexity index is 569. The summed E-state index contributed by atoms with van der Waals surface area (Å²) < 4.78 is 2.28. The zero-order valence-corrected chi connectivity index (χ0v) is 12.6. The largest absolute Gasteiger partial charge is 0.356 e. The number of nitrogens with zero attached hydrogens (tertiary/aromatic N) is 3. The van der Waals surface area contributed by atoms with Crippen molar-refractivity contribution in [1.82, 2.24) is 14.5 Å². The third-order valence-electron chi connectivity index (χ3n) is 3.47. The van der Waals surface area contributed by atoms with Gasteiger partial charge in [0.2, 0.25) is 5.95 Å². The predicted octanol–water partition coefficient (Wildman–Crippen LogP) is 2.65. The van der Waals surface area contributed by atoms with Gasteiger partial charge in [0.05, 0.1) is 11.0 Å². The molecule has 1 aromatic carbocycles. The topological polar surface area (TPSA) is 33.1 Å². The van der Waals surface area contributed by atoms with Gasteiger partial charge in [0.25, 0.3) is 0 Å². The Morgan fingerprint density at radius 1 is 1.21 bits per heavy atom. The molecule has 0 atom stereocenters. The summed E-state index contributed by atoms with van der Waals surface area (Å²) in [7, 11) is 4.20. The van der Waals surface area contributed by atoms with Gasteiger partial charge < -0.3 is 14.8 Å². The fourth-order valence-electron chi connectivity index (χ4n) is 2.20. The minimum absolute atomic E-state index is 0.892. The minimum atomic E-state index is 0.892. The number of hydrogen-bond acceptors (Lipinski definition) is 3. The molecule has 0 fully saturated rings. The van der Waals surface area contributed by atoms with Crippen LogP contribution in [0.4, 0.5) is 5.95 Å². The van der Waals surface area contributed by atoms with Gasteiger partial charge >= 0.3 is 0 Å². The lowest BCUT2D eigenvalue weighted by molar-refractivity contribution is 0.387. The average Bonchev–Trinajstić information content (AvgIpc) is 2.65. The lowest BCUT2D eigenvalue weighted by Crippen LogP contribution is -2.19. The van der Waals surface area contributed by atoms with Gasteiger partial charge in [-0.1, -0.05) is 0 Å². The van der Waals surface area contributed by atoms with E-state index in [1.807, 2.05) is 0 Å². The molecule has 0 aliphatic heterocycles. The van der Waals surface area contributed by atoms with E-state index in [2.05, 4.69) is 61.8 Å². The van der Waals surface area contributed by atoms with Gasteiger partial charge in [-0.3, -0.25) is 0 Å². The van der Waals surface area contributed by atoms with Crippen molar-refractivity contribution >= 4 is 17.0 Å². The number of hydrogen-bond donors (Lipinski definition) is 1. The molecule has 0 saturated carbocycles. The van der Waals surface area contributed by atoms with Crippen LogP contribution in [0, 0.1) is 13.8 Å². The monoisotopic (exact) mass is 260 g/mol. The molecule has 0 radical (unpaired) electrons. The summed E-state index contributed by atoms with van der Waals surface area (Å²) in [6.07, 6.45) is 0. The molecule has 1 N–H and O–H groups in total. The summed E-state index contributed by atoms with van der Waals surface area (Å²) in [5, 5.41) is 3.36. The average molecular weight is 260 g/mol. The van der Waals surface area contributed by atoms with E-state index in [0.717, 1.165) is 31.1 Å². The molecular weight excluding hydrogens is 236 g/mol. The van der Waals surface area contributed by atoms with Gasteiger partial charge in [-0.2, -0.15) is 0 Å². The number of rotatable bonds is 5. The highest BCUT2D eigenvalue weighted by molar-refractivity contribution is 5.80.